The Balaban J connectivity index is 1.54. The fourth-order valence-electron chi connectivity index (χ4n) is 3.52. The van der Waals surface area contributed by atoms with Crippen molar-refractivity contribution >= 4 is 11.8 Å². The van der Waals surface area contributed by atoms with Crippen LogP contribution in [0.5, 0.6) is 0 Å². The van der Waals surface area contributed by atoms with Gasteiger partial charge in [-0.1, -0.05) is 0 Å². The monoisotopic (exact) mass is 342 g/mol. The lowest BCUT2D eigenvalue weighted by Gasteiger charge is -2.19. The number of fused-ring (bicyclic) bond motifs is 1. The molecule has 1 fully saturated rings. The fourth-order valence-corrected chi connectivity index (χ4v) is 3.52. The van der Waals surface area contributed by atoms with Crippen LogP contribution in [0.2, 0.25) is 0 Å². The van der Waals surface area contributed by atoms with Crippen molar-refractivity contribution in [3.05, 3.63) is 35.2 Å². The molecule has 2 aliphatic rings. The van der Waals surface area contributed by atoms with Gasteiger partial charge in [-0.3, -0.25) is 14.3 Å². The van der Waals surface area contributed by atoms with E-state index in [1.54, 1.807) is 11.1 Å². The predicted octanol–water partition coefficient (Wildman–Crippen LogP) is 1.20. The number of aromatic amines is 1. The molecule has 1 saturated heterocycles. The third kappa shape index (κ3) is 3.04. The Morgan fingerprint density at radius 3 is 2.52 bits per heavy atom. The van der Waals surface area contributed by atoms with E-state index in [4.69, 9.17) is 0 Å². The Labute approximate surface area is 145 Å². The Bertz CT molecular complexity index is 802. The summed E-state index contributed by atoms with van der Waals surface area (Å²) in [6.45, 7) is 5.28. The highest BCUT2D eigenvalue weighted by Gasteiger charge is 2.26. The molecule has 4 rings (SSSR count). The van der Waals surface area contributed by atoms with Crippen LogP contribution in [0.15, 0.2) is 12.3 Å². The minimum atomic E-state index is -0.0670. The number of likely N-dealkylation sites (tertiary alicyclic amines) is 1. The summed E-state index contributed by atoms with van der Waals surface area (Å²) in [5.74, 6) is 0.657. The van der Waals surface area contributed by atoms with Crippen molar-refractivity contribution in [2.75, 3.05) is 19.6 Å². The average molecular weight is 342 g/mol. The third-order valence-electron chi connectivity index (χ3n) is 4.85. The second-order valence-corrected chi connectivity index (χ2v) is 6.71. The molecular formula is C17H22N6O2. The van der Waals surface area contributed by atoms with Gasteiger partial charge in [0.05, 0.1) is 18.4 Å². The van der Waals surface area contributed by atoms with Crippen LogP contribution in [0.4, 0.5) is 0 Å². The molecule has 132 valence electrons. The smallest absolute Gasteiger partial charge is 0.274 e. The van der Waals surface area contributed by atoms with E-state index in [2.05, 4.69) is 15.1 Å². The molecule has 8 nitrogen and oxygen atoms in total. The van der Waals surface area contributed by atoms with Gasteiger partial charge in [0.15, 0.2) is 5.69 Å². The van der Waals surface area contributed by atoms with E-state index in [0.29, 0.717) is 31.0 Å². The minimum absolute atomic E-state index is 0.000132. The summed E-state index contributed by atoms with van der Waals surface area (Å²) in [5, 5.41) is 4.49. The van der Waals surface area contributed by atoms with Crippen LogP contribution in [0.1, 0.15) is 51.8 Å². The summed E-state index contributed by atoms with van der Waals surface area (Å²) in [6.07, 6.45) is 4.50. The summed E-state index contributed by atoms with van der Waals surface area (Å²) < 4.78 is 1.87. The molecule has 8 heteroatoms. The topological polar surface area (TPSA) is 87.1 Å². The van der Waals surface area contributed by atoms with E-state index in [9.17, 15) is 9.59 Å². The van der Waals surface area contributed by atoms with Crippen LogP contribution in [0, 0.1) is 6.92 Å². The molecule has 0 unspecified atom stereocenters. The summed E-state index contributed by atoms with van der Waals surface area (Å²) in [7, 11) is 0. The molecule has 1 N–H and O–H groups in total. The quantitative estimate of drug-likeness (QED) is 0.888. The first-order chi connectivity index (χ1) is 12.1. The maximum atomic E-state index is 12.7. The van der Waals surface area contributed by atoms with Crippen molar-refractivity contribution in [1.82, 2.24) is 29.5 Å². The van der Waals surface area contributed by atoms with E-state index < -0.39 is 0 Å². The van der Waals surface area contributed by atoms with Gasteiger partial charge in [-0.25, -0.2) is 4.98 Å². The van der Waals surface area contributed by atoms with Crippen LogP contribution in [-0.2, 0) is 13.1 Å². The van der Waals surface area contributed by atoms with Gasteiger partial charge in [-0.2, -0.15) is 5.10 Å². The second kappa shape index (κ2) is 6.34. The Kier molecular flexibility index (Phi) is 4.03. The van der Waals surface area contributed by atoms with Gasteiger partial charge in [-0.05, 0) is 32.3 Å². The number of aromatic nitrogens is 4. The number of hydrogen-bond acceptors (Lipinski definition) is 4. The molecule has 0 radical (unpaired) electrons. The van der Waals surface area contributed by atoms with Crippen molar-refractivity contribution in [2.24, 2.45) is 0 Å². The molecule has 2 aliphatic heterocycles. The number of H-pyrrole nitrogens is 1. The molecule has 2 aromatic rings. The first kappa shape index (κ1) is 15.9. The zero-order valence-corrected chi connectivity index (χ0v) is 14.4. The van der Waals surface area contributed by atoms with Gasteiger partial charge >= 0.3 is 0 Å². The number of aryl methyl sites for hydroxylation is 2. The lowest BCUT2D eigenvalue weighted by molar-refractivity contribution is 0.0740. The van der Waals surface area contributed by atoms with E-state index in [1.807, 2.05) is 22.6 Å². The van der Waals surface area contributed by atoms with E-state index >= 15 is 0 Å². The molecule has 0 aromatic carbocycles. The molecule has 0 saturated carbocycles. The van der Waals surface area contributed by atoms with Crippen molar-refractivity contribution in [2.45, 2.75) is 39.3 Å². The SMILES string of the molecule is Cc1ncc(C(=O)N2CCCn3nc(C(=O)N4CCCC4)cc3C2)[nH]1. The summed E-state index contributed by atoms with van der Waals surface area (Å²) in [6, 6.07) is 1.84. The lowest BCUT2D eigenvalue weighted by Crippen LogP contribution is -2.31. The molecule has 0 bridgehead atoms. The third-order valence-corrected chi connectivity index (χ3v) is 4.85. The Hall–Kier alpha value is -2.64. The molecule has 0 spiro atoms. The summed E-state index contributed by atoms with van der Waals surface area (Å²) >= 11 is 0. The lowest BCUT2D eigenvalue weighted by atomic mass is 10.3. The van der Waals surface area contributed by atoms with Gasteiger partial charge < -0.3 is 14.8 Å². The number of hydrogen-bond donors (Lipinski definition) is 1. The van der Waals surface area contributed by atoms with Gasteiger partial charge in [0.1, 0.15) is 11.5 Å². The standard InChI is InChI=1S/C17H22N6O2/c1-12-18-10-15(19-12)17(25)22-7-4-8-23-13(11-22)9-14(20-23)16(24)21-5-2-3-6-21/h9-10H,2-8,11H2,1H3,(H,18,19). The normalized spacial score (nSPS) is 17.5. The highest BCUT2D eigenvalue weighted by Crippen LogP contribution is 2.18. The number of nitrogens with zero attached hydrogens (tertiary/aromatic N) is 5. The molecule has 4 heterocycles. The fraction of sp³-hybridized carbons (Fsp3) is 0.529. The van der Waals surface area contributed by atoms with Crippen molar-refractivity contribution < 1.29 is 9.59 Å². The van der Waals surface area contributed by atoms with Gasteiger partial charge in [-0.15, -0.1) is 0 Å². The summed E-state index contributed by atoms with van der Waals surface area (Å²) in [5.41, 5.74) is 1.90. The van der Waals surface area contributed by atoms with E-state index in [1.165, 1.54) is 0 Å². The van der Waals surface area contributed by atoms with Crippen LogP contribution in [0.25, 0.3) is 0 Å². The van der Waals surface area contributed by atoms with Crippen LogP contribution in [-0.4, -0.2) is 61.0 Å². The number of imidazole rings is 1. The van der Waals surface area contributed by atoms with Crippen molar-refractivity contribution in [1.29, 1.82) is 0 Å². The second-order valence-electron chi connectivity index (χ2n) is 6.71. The van der Waals surface area contributed by atoms with Crippen LogP contribution in [0.3, 0.4) is 0 Å². The van der Waals surface area contributed by atoms with Gasteiger partial charge in [0.2, 0.25) is 0 Å². The first-order valence-electron chi connectivity index (χ1n) is 8.79. The largest absolute Gasteiger partial charge is 0.338 e. The molecule has 0 aliphatic carbocycles. The molecule has 25 heavy (non-hydrogen) atoms. The minimum Gasteiger partial charge on any atom is -0.338 e. The highest BCUT2D eigenvalue weighted by atomic mass is 16.2. The van der Waals surface area contributed by atoms with E-state index in [-0.39, 0.29) is 11.8 Å². The number of nitrogens with one attached hydrogen (secondary N) is 1. The molecule has 2 aromatic heterocycles. The average Bonchev–Trinajstić information content (AvgIpc) is 3.33. The number of amides is 2. The first-order valence-corrected chi connectivity index (χ1v) is 8.79. The van der Waals surface area contributed by atoms with E-state index in [0.717, 1.165) is 43.9 Å². The Morgan fingerprint density at radius 1 is 1.04 bits per heavy atom. The van der Waals surface area contributed by atoms with Crippen molar-refractivity contribution in [3.63, 3.8) is 0 Å². The van der Waals surface area contributed by atoms with Crippen LogP contribution < -0.4 is 0 Å². The van der Waals surface area contributed by atoms with Gasteiger partial charge in [0, 0.05) is 26.2 Å². The summed E-state index contributed by atoms with van der Waals surface area (Å²) in [4.78, 5) is 36.0. The van der Waals surface area contributed by atoms with Crippen LogP contribution >= 0.6 is 0 Å². The number of carbonyl (C=O) groups is 2. The molecule has 0 atom stereocenters. The number of rotatable bonds is 2. The van der Waals surface area contributed by atoms with Gasteiger partial charge in [0.25, 0.3) is 11.8 Å². The Morgan fingerprint density at radius 2 is 1.80 bits per heavy atom. The molecular weight excluding hydrogens is 320 g/mol. The van der Waals surface area contributed by atoms with Crippen molar-refractivity contribution in [3.8, 4) is 0 Å². The number of carbonyl (C=O) groups excluding carboxylic acids is 2. The predicted molar refractivity (Wildman–Crippen MR) is 90.0 cm³/mol. The highest BCUT2D eigenvalue weighted by molar-refractivity contribution is 5.93. The maximum Gasteiger partial charge on any atom is 0.274 e. The maximum absolute atomic E-state index is 12.7. The zero-order valence-electron chi connectivity index (χ0n) is 14.4. The molecule has 2 amide bonds. The zero-order chi connectivity index (χ0) is 17.4.